The third kappa shape index (κ3) is 2.46. The van der Waals surface area contributed by atoms with Gasteiger partial charge in [0.05, 0.1) is 5.88 Å². The third-order valence-corrected chi connectivity index (χ3v) is 2.98. The molecule has 0 radical (unpaired) electrons. The molecule has 0 aliphatic rings. The topological polar surface area (TPSA) is 59.8 Å². The number of imidazole rings is 1. The summed E-state index contributed by atoms with van der Waals surface area (Å²) >= 11 is 5.90. The molecule has 1 amide bonds. The highest BCUT2D eigenvalue weighted by molar-refractivity contribution is 6.16. The first-order valence-electron chi connectivity index (χ1n) is 5.74. The van der Waals surface area contributed by atoms with Crippen LogP contribution >= 0.6 is 11.6 Å². The predicted octanol–water partition coefficient (Wildman–Crippen LogP) is 1.61. The third-order valence-electron chi connectivity index (χ3n) is 2.74. The zero-order valence-electron chi connectivity index (χ0n) is 10.4. The minimum atomic E-state index is -0.0454. The van der Waals surface area contributed by atoms with Crippen LogP contribution in [-0.4, -0.2) is 27.0 Å². The summed E-state index contributed by atoms with van der Waals surface area (Å²) in [5.74, 6) is 1.06. The average molecular weight is 267 g/mol. The minimum absolute atomic E-state index is 0.0454. The number of halogens is 1. The average Bonchev–Trinajstić information content (AvgIpc) is 2.69. The Labute approximate surface area is 110 Å². The van der Waals surface area contributed by atoms with Crippen molar-refractivity contribution in [3.05, 3.63) is 23.7 Å². The maximum atomic E-state index is 10.9. The van der Waals surface area contributed by atoms with E-state index >= 15 is 0 Å². The largest absolute Gasteiger partial charge is 0.355 e. The fourth-order valence-electron chi connectivity index (χ4n) is 1.86. The lowest BCUT2D eigenvalue weighted by Crippen LogP contribution is -2.25. The van der Waals surface area contributed by atoms with Gasteiger partial charge in [-0.1, -0.05) is 0 Å². The number of amides is 1. The van der Waals surface area contributed by atoms with Crippen molar-refractivity contribution < 1.29 is 4.79 Å². The molecule has 1 N–H and O–H groups in total. The second kappa shape index (κ2) is 5.35. The number of rotatable bonds is 4. The molecule has 2 aromatic heterocycles. The quantitative estimate of drug-likeness (QED) is 0.856. The SMILES string of the molecule is CC(=O)NCCn1c(CCl)nc2c(C)ccnc21. The maximum absolute atomic E-state index is 10.9. The number of hydrogen-bond acceptors (Lipinski definition) is 3. The summed E-state index contributed by atoms with van der Waals surface area (Å²) in [5.41, 5.74) is 2.76. The molecule has 2 heterocycles. The Morgan fingerprint density at radius 2 is 2.33 bits per heavy atom. The van der Waals surface area contributed by atoms with Gasteiger partial charge in [-0.3, -0.25) is 4.79 Å². The monoisotopic (exact) mass is 266 g/mol. The van der Waals surface area contributed by atoms with Crippen LogP contribution < -0.4 is 5.32 Å². The van der Waals surface area contributed by atoms with Crippen LogP contribution in [0.4, 0.5) is 0 Å². The Hall–Kier alpha value is -1.62. The van der Waals surface area contributed by atoms with Crippen molar-refractivity contribution in [3.8, 4) is 0 Å². The van der Waals surface area contributed by atoms with Crippen molar-refractivity contribution in [2.45, 2.75) is 26.3 Å². The number of fused-ring (bicyclic) bond motifs is 1. The van der Waals surface area contributed by atoms with Gasteiger partial charge in [0, 0.05) is 26.2 Å². The molecule has 2 aromatic rings. The first kappa shape index (κ1) is 12.8. The number of nitrogens with zero attached hydrogens (tertiary/aromatic N) is 3. The highest BCUT2D eigenvalue weighted by Gasteiger charge is 2.12. The molecule has 2 rings (SSSR count). The number of aryl methyl sites for hydroxylation is 1. The maximum Gasteiger partial charge on any atom is 0.216 e. The summed E-state index contributed by atoms with van der Waals surface area (Å²) in [6.07, 6.45) is 1.76. The first-order chi connectivity index (χ1) is 8.63. The fraction of sp³-hybridized carbons (Fsp3) is 0.417. The zero-order chi connectivity index (χ0) is 13.1. The van der Waals surface area contributed by atoms with Crippen molar-refractivity contribution in [3.63, 3.8) is 0 Å². The van der Waals surface area contributed by atoms with Crippen LogP contribution in [0.25, 0.3) is 11.2 Å². The molecule has 6 heteroatoms. The van der Waals surface area contributed by atoms with E-state index in [1.54, 1.807) is 6.20 Å². The van der Waals surface area contributed by atoms with Crippen LogP contribution in [0.3, 0.4) is 0 Å². The summed E-state index contributed by atoms with van der Waals surface area (Å²) in [4.78, 5) is 19.7. The number of alkyl halides is 1. The van der Waals surface area contributed by atoms with Gasteiger partial charge < -0.3 is 9.88 Å². The summed E-state index contributed by atoms with van der Waals surface area (Å²) in [6, 6.07) is 1.92. The Kier molecular flexibility index (Phi) is 3.81. The highest BCUT2D eigenvalue weighted by Crippen LogP contribution is 2.18. The van der Waals surface area contributed by atoms with Gasteiger partial charge in [-0.05, 0) is 18.6 Å². The van der Waals surface area contributed by atoms with Crippen LogP contribution in [0.15, 0.2) is 12.3 Å². The van der Waals surface area contributed by atoms with Gasteiger partial charge in [0.2, 0.25) is 5.91 Å². The van der Waals surface area contributed by atoms with Gasteiger partial charge >= 0.3 is 0 Å². The van der Waals surface area contributed by atoms with Crippen molar-refractivity contribution in [1.82, 2.24) is 19.9 Å². The number of aromatic nitrogens is 3. The minimum Gasteiger partial charge on any atom is -0.355 e. The van der Waals surface area contributed by atoms with Crippen LogP contribution in [0.1, 0.15) is 18.3 Å². The Bertz CT molecular complexity index is 579. The van der Waals surface area contributed by atoms with Gasteiger partial charge in [0.25, 0.3) is 0 Å². The summed E-state index contributed by atoms with van der Waals surface area (Å²) in [6.45, 7) is 4.65. The van der Waals surface area contributed by atoms with Crippen molar-refractivity contribution >= 4 is 28.7 Å². The molecule has 0 saturated heterocycles. The van der Waals surface area contributed by atoms with E-state index < -0.39 is 0 Å². The predicted molar refractivity (Wildman–Crippen MR) is 70.5 cm³/mol. The van der Waals surface area contributed by atoms with Gasteiger partial charge in [-0.2, -0.15) is 0 Å². The molecule has 0 spiro atoms. The first-order valence-corrected chi connectivity index (χ1v) is 6.28. The number of pyridine rings is 1. The summed E-state index contributed by atoms with van der Waals surface area (Å²) < 4.78 is 1.95. The smallest absolute Gasteiger partial charge is 0.216 e. The van der Waals surface area contributed by atoms with Gasteiger partial charge in [-0.15, -0.1) is 11.6 Å². The van der Waals surface area contributed by atoms with Crippen molar-refractivity contribution in [1.29, 1.82) is 0 Å². The normalized spacial score (nSPS) is 10.8. The van der Waals surface area contributed by atoms with Gasteiger partial charge in [0.15, 0.2) is 5.65 Å². The van der Waals surface area contributed by atoms with E-state index in [9.17, 15) is 4.79 Å². The second-order valence-corrected chi connectivity index (χ2v) is 4.36. The molecule has 0 unspecified atom stereocenters. The lowest BCUT2D eigenvalue weighted by molar-refractivity contribution is -0.118. The van der Waals surface area contributed by atoms with Gasteiger partial charge in [0.1, 0.15) is 11.3 Å². The fourth-order valence-corrected chi connectivity index (χ4v) is 2.07. The zero-order valence-corrected chi connectivity index (χ0v) is 11.2. The standard InChI is InChI=1S/C12H15ClN4O/c1-8-3-4-15-12-11(8)16-10(7-13)17(12)6-5-14-9(2)18/h3-4H,5-7H2,1-2H3,(H,14,18). The lowest BCUT2D eigenvalue weighted by Gasteiger charge is -2.07. The molecule has 96 valence electrons. The van der Waals surface area contributed by atoms with E-state index in [-0.39, 0.29) is 5.91 Å². The van der Waals surface area contributed by atoms with E-state index in [1.165, 1.54) is 6.92 Å². The van der Waals surface area contributed by atoms with E-state index in [1.807, 2.05) is 17.6 Å². The Balaban J connectivity index is 2.35. The van der Waals surface area contributed by atoms with Crippen LogP contribution in [0.5, 0.6) is 0 Å². The van der Waals surface area contributed by atoms with E-state index in [4.69, 9.17) is 11.6 Å². The molecule has 0 aliphatic carbocycles. The Morgan fingerprint density at radius 3 is 3.00 bits per heavy atom. The molecule has 18 heavy (non-hydrogen) atoms. The number of carbonyl (C=O) groups excluding carboxylic acids is 1. The van der Waals surface area contributed by atoms with Crippen LogP contribution in [0, 0.1) is 6.92 Å². The van der Waals surface area contributed by atoms with E-state index in [0.29, 0.717) is 19.0 Å². The van der Waals surface area contributed by atoms with Crippen LogP contribution in [0.2, 0.25) is 0 Å². The molecular formula is C12H15ClN4O. The molecule has 5 nitrogen and oxygen atoms in total. The molecular weight excluding hydrogens is 252 g/mol. The van der Waals surface area contributed by atoms with Crippen molar-refractivity contribution in [2.24, 2.45) is 0 Å². The number of nitrogens with one attached hydrogen (secondary N) is 1. The molecule has 0 saturated carbocycles. The number of carbonyl (C=O) groups is 1. The molecule has 0 aromatic carbocycles. The van der Waals surface area contributed by atoms with Crippen molar-refractivity contribution in [2.75, 3.05) is 6.54 Å². The van der Waals surface area contributed by atoms with Gasteiger partial charge in [-0.25, -0.2) is 9.97 Å². The molecule has 0 bridgehead atoms. The molecule has 0 atom stereocenters. The second-order valence-electron chi connectivity index (χ2n) is 4.10. The Morgan fingerprint density at radius 1 is 1.56 bits per heavy atom. The molecule has 0 fully saturated rings. The summed E-state index contributed by atoms with van der Waals surface area (Å²) in [5, 5.41) is 2.76. The van der Waals surface area contributed by atoms with E-state index in [0.717, 1.165) is 22.6 Å². The highest BCUT2D eigenvalue weighted by atomic mass is 35.5. The van der Waals surface area contributed by atoms with Crippen LogP contribution in [-0.2, 0) is 17.2 Å². The summed E-state index contributed by atoms with van der Waals surface area (Å²) in [7, 11) is 0. The number of hydrogen-bond donors (Lipinski definition) is 1. The van der Waals surface area contributed by atoms with E-state index in [2.05, 4.69) is 15.3 Å². The molecule has 0 aliphatic heterocycles. The lowest BCUT2D eigenvalue weighted by atomic mass is 10.3.